The van der Waals surface area contributed by atoms with Gasteiger partial charge in [0.25, 0.3) is 5.56 Å². The van der Waals surface area contributed by atoms with E-state index in [-0.39, 0.29) is 11.6 Å². The normalized spacial score (nSPS) is 16.6. The number of hydrogen-bond donors (Lipinski definition) is 0. The van der Waals surface area contributed by atoms with Crippen LogP contribution in [-0.4, -0.2) is 11.2 Å². The monoisotopic (exact) mass is 698 g/mol. The lowest BCUT2D eigenvalue weighted by molar-refractivity contribution is 0.337. The van der Waals surface area contributed by atoms with Crippen molar-refractivity contribution in [2.24, 2.45) is 4.99 Å². The summed E-state index contributed by atoms with van der Waals surface area (Å²) in [6.07, 6.45) is 3.72. The average Bonchev–Trinajstić information content (AvgIpc) is 3.20. The van der Waals surface area contributed by atoms with E-state index in [2.05, 4.69) is 84.2 Å². The molecule has 186 valence electrons. The molecule has 2 heterocycles. The topological polar surface area (TPSA) is 43.6 Å². The number of allylic oxidation sites excluding steroid dienone is 1. The molecule has 6 rings (SSSR count). The van der Waals surface area contributed by atoms with Crippen LogP contribution in [0.25, 0.3) is 11.8 Å². The van der Waals surface area contributed by atoms with Gasteiger partial charge in [-0.25, -0.2) is 4.99 Å². The highest BCUT2D eigenvalue weighted by atomic mass is 79.9. The average molecular weight is 701 g/mol. The maximum atomic E-state index is 14.0. The van der Waals surface area contributed by atoms with Crippen molar-refractivity contribution >= 4 is 70.9 Å². The quantitative estimate of drug-likeness (QED) is 0.230. The van der Waals surface area contributed by atoms with Gasteiger partial charge in [-0.3, -0.25) is 9.36 Å². The van der Waals surface area contributed by atoms with Crippen LogP contribution in [0.3, 0.4) is 0 Å². The summed E-state index contributed by atoms with van der Waals surface area (Å²) in [6.45, 7) is 2.48. The Morgan fingerprint density at radius 1 is 1.05 bits per heavy atom. The van der Waals surface area contributed by atoms with E-state index in [9.17, 15) is 4.79 Å². The molecule has 0 bridgehead atoms. The SMILES string of the molecule is CCOc1c(Br)cc(Br)cc1/C=c1/sc2n(c1=O)[C@H](c1ccc(Br)cc1)C1=C(N=2)c2ccccc2CC1. The van der Waals surface area contributed by atoms with E-state index in [0.717, 1.165) is 48.6 Å². The second-order valence-electron chi connectivity index (χ2n) is 8.90. The number of nitrogens with zero attached hydrogens (tertiary/aromatic N) is 2. The molecule has 2 aliphatic rings. The van der Waals surface area contributed by atoms with Crippen molar-refractivity contribution in [1.82, 2.24) is 4.57 Å². The molecule has 0 radical (unpaired) electrons. The molecule has 37 heavy (non-hydrogen) atoms. The van der Waals surface area contributed by atoms with Crippen LogP contribution in [0, 0.1) is 0 Å². The molecule has 3 aromatic carbocycles. The summed E-state index contributed by atoms with van der Waals surface area (Å²) >= 11 is 12.2. The van der Waals surface area contributed by atoms with Gasteiger partial charge in [0.2, 0.25) is 0 Å². The molecule has 4 nitrogen and oxygen atoms in total. The number of halogens is 3. The van der Waals surface area contributed by atoms with Crippen molar-refractivity contribution in [3.63, 3.8) is 0 Å². The molecule has 8 heteroatoms. The Morgan fingerprint density at radius 3 is 2.62 bits per heavy atom. The zero-order valence-electron chi connectivity index (χ0n) is 19.8. The number of ether oxygens (including phenoxy) is 1. The Hall–Kier alpha value is -2.26. The number of rotatable bonds is 4. The van der Waals surface area contributed by atoms with E-state index in [1.807, 2.05) is 41.8 Å². The smallest absolute Gasteiger partial charge is 0.271 e. The molecule has 0 saturated carbocycles. The van der Waals surface area contributed by atoms with E-state index in [1.165, 1.54) is 22.5 Å². The van der Waals surface area contributed by atoms with E-state index < -0.39 is 0 Å². The van der Waals surface area contributed by atoms with Crippen molar-refractivity contribution < 1.29 is 4.74 Å². The van der Waals surface area contributed by atoms with Crippen LogP contribution < -0.4 is 19.6 Å². The molecule has 1 aromatic heterocycles. The highest BCUT2D eigenvalue weighted by molar-refractivity contribution is 9.11. The Balaban J connectivity index is 1.62. The van der Waals surface area contributed by atoms with Crippen molar-refractivity contribution in [2.45, 2.75) is 25.8 Å². The number of thiazole rings is 1. The molecule has 0 unspecified atom stereocenters. The lowest BCUT2D eigenvalue weighted by Gasteiger charge is -2.30. The summed E-state index contributed by atoms with van der Waals surface area (Å²) in [5.41, 5.74) is 6.54. The van der Waals surface area contributed by atoms with Gasteiger partial charge in [-0.05, 0) is 82.7 Å². The molecule has 0 saturated heterocycles. The predicted octanol–water partition coefficient (Wildman–Crippen LogP) is 7.00. The van der Waals surface area contributed by atoms with Crippen molar-refractivity contribution in [1.29, 1.82) is 0 Å². The fourth-order valence-electron chi connectivity index (χ4n) is 5.09. The number of aryl methyl sites for hydroxylation is 1. The first kappa shape index (κ1) is 25.0. The van der Waals surface area contributed by atoms with Crippen molar-refractivity contribution in [2.75, 3.05) is 6.61 Å². The lowest BCUT2D eigenvalue weighted by Crippen LogP contribution is -2.38. The molecule has 0 fully saturated rings. The lowest BCUT2D eigenvalue weighted by atomic mass is 9.83. The number of fused-ring (bicyclic) bond motifs is 3. The molecule has 1 atom stereocenters. The summed E-state index contributed by atoms with van der Waals surface area (Å²) in [7, 11) is 0. The minimum absolute atomic E-state index is 0.0411. The highest BCUT2D eigenvalue weighted by Gasteiger charge is 2.32. The van der Waals surface area contributed by atoms with Gasteiger partial charge >= 0.3 is 0 Å². The van der Waals surface area contributed by atoms with Gasteiger partial charge in [-0.15, -0.1) is 0 Å². The van der Waals surface area contributed by atoms with Gasteiger partial charge < -0.3 is 4.74 Å². The maximum absolute atomic E-state index is 14.0. The molecule has 0 spiro atoms. The van der Waals surface area contributed by atoms with Gasteiger partial charge in [0.05, 0.1) is 27.4 Å². The minimum Gasteiger partial charge on any atom is -0.492 e. The Kier molecular flexibility index (Phi) is 6.86. The van der Waals surface area contributed by atoms with E-state index in [0.29, 0.717) is 21.7 Å². The summed E-state index contributed by atoms with van der Waals surface area (Å²) in [5, 5.41) is 0. The van der Waals surface area contributed by atoms with Crippen LogP contribution in [0.1, 0.15) is 41.6 Å². The standard InChI is InChI=1S/C29H21Br3N2O2S/c1-2-36-27-18(13-20(31)15-23(27)32)14-24-28(35)34-26(17-7-10-19(30)11-8-17)22-12-9-16-5-3-4-6-21(16)25(22)33-29(34)37-24/h3-8,10-11,13-15,26H,2,9,12H2,1H3/b24-14+/t26-/m1/s1. The molecule has 1 aliphatic carbocycles. The number of aromatic nitrogens is 1. The molecule has 0 amide bonds. The first-order chi connectivity index (χ1) is 17.9. The zero-order valence-corrected chi connectivity index (χ0v) is 25.4. The predicted molar refractivity (Wildman–Crippen MR) is 160 cm³/mol. The van der Waals surface area contributed by atoms with Gasteiger partial charge in [-0.2, -0.15) is 0 Å². The fraction of sp³-hybridized carbons (Fsp3) is 0.172. The Labute approximate surface area is 243 Å². The second kappa shape index (κ2) is 10.1. The number of hydrogen-bond acceptors (Lipinski definition) is 4. The third kappa shape index (κ3) is 4.52. The fourth-order valence-corrected chi connectivity index (χ4v) is 7.72. The second-order valence-corrected chi connectivity index (χ2v) is 12.6. The molecule has 4 aromatic rings. The van der Waals surface area contributed by atoms with Gasteiger partial charge in [0, 0.05) is 20.1 Å². The largest absolute Gasteiger partial charge is 0.492 e. The van der Waals surface area contributed by atoms with Crippen LogP contribution in [0.5, 0.6) is 5.75 Å². The van der Waals surface area contributed by atoms with Crippen LogP contribution in [0.2, 0.25) is 0 Å². The van der Waals surface area contributed by atoms with E-state index >= 15 is 0 Å². The molecule has 1 aliphatic heterocycles. The van der Waals surface area contributed by atoms with Gasteiger partial charge in [0.15, 0.2) is 4.80 Å². The van der Waals surface area contributed by atoms with Crippen molar-refractivity contribution in [3.8, 4) is 5.75 Å². The van der Waals surface area contributed by atoms with Crippen molar-refractivity contribution in [3.05, 3.63) is 122 Å². The summed E-state index contributed by atoms with van der Waals surface area (Å²) in [4.78, 5) is 19.8. The molecule has 0 N–H and O–H groups in total. The Morgan fingerprint density at radius 2 is 1.84 bits per heavy atom. The Bertz CT molecular complexity index is 1750. The third-order valence-electron chi connectivity index (χ3n) is 6.67. The van der Waals surface area contributed by atoms with Crippen LogP contribution >= 0.6 is 59.1 Å². The van der Waals surface area contributed by atoms with Gasteiger partial charge in [-0.1, -0.05) is 79.6 Å². The zero-order chi connectivity index (χ0) is 25.7. The summed E-state index contributed by atoms with van der Waals surface area (Å²) in [6, 6.07) is 20.5. The summed E-state index contributed by atoms with van der Waals surface area (Å²) < 4.78 is 11.2. The third-order valence-corrected chi connectivity index (χ3v) is 9.23. The van der Waals surface area contributed by atoms with E-state index in [4.69, 9.17) is 9.73 Å². The number of benzene rings is 3. The van der Waals surface area contributed by atoms with E-state index in [1.54, 1.807) is 0 Å². The van der Waals surface area contributed by atoms with Crippen LogP contribution in [0.15, 0.2) is 89.4 Å². The van der Waals surface area contributed by atoms with Crippen LogP contribution in [0.4, 0.5) is 0 Å². The summed E-state index contributed by atoms with van der Waals surface area (Å²) in [5.74, 6) is 0.717. The maximum Gasteiger partial charge on any atom is 0.271 e. The molecular formula is C29H21Br3N2O2S. The molecular weight excluding hydrogens is 680 g/mol. The first-order valence-electron chi connectivity index (χ1n) is 11.9. The first-order valence-corrected chi connectivity index (χ1v) is 15.1. The minimum atomic E-state index is -0.199. The van der Waals surface area contributed by atoms with Crippen LogP contribution in [-0.2, 0) is 6.42 Å². The van der Waals surface area contributed by atoms with Gasteiger partial charge in [0.1, 0.15) is 5.75 Å². The highest BCUT2D eigenvalue weighted by Crippen LogP contribution is 2.41.